The maximum atomic E-state index is 12.8. The van der Waals surface area contributed by atoms with E-state index in [9.17, 15) is 28.9 Å². The summed E-state index contributed by atoms with van der Waals surface area (Å²) in [6.45, 7) is 4.22. The molecule has 0 aromatic carbocycles. The van der Waals surface area contributed by atoms with Gasteiger partial charge in [-0.15, -0.1) is 0 Å². The molecule has 70 heavy (non-hydrogen) atoms. The maximum Gasteiger partial charge on any atom is 0.472 e. The lowest BCUT2D eigenvalue weighted by atomic mass is 10.1. The molecule has 0 aliphatic carbocycles. The predicted octanol–water partition coefficient (Wildman–Crippen LogP) is 15.5. The Labute approximate surface area is 425 Å². The first kappa shape index (κ1) is 66.1. The van der Waals surface area contributed by atoms with Gasteiger partial charge in [-0.2, -0.15) is 0 Å². The average molecular weight is 999 g/mol. The summed E-state index contributed by atoms with van der Waals surface area (Å²) in [5, 5.41) is 9.77. The third kappa shape index (κ3) is 49.1. The number of aliphatic hydroxyl groups excluding tert-OH is 1. The van der Waals surface area contributed by atoms with E-state index in [1.54, 1.807) is 6.08 Å². The molecule has 0 fully saturated rings. The van der Waals surface area contributed by atoms with Gasteiger partial charge in [-0.3, -0.25) is 23.4 Å². The van der Waals surface area contributed by atoms with Crippen molar-refractivity contribution in [2.75, 3.05) is 26.4 Å². The molecule has 0 aromatic heterocycles. The summed E-state index contributed by atoms with van der Waals surface area (Å²) < 4.78 is 39.2. The number of phosphoric acid groups is 1. The minimum absolute atomic E-state index is 0.0721. The summed E-state index contributed by atoms with van der Waals surface area (Å²) >= 11 is 0. The first-order chi connectivity index (χ1) is 34.2. The molecule has 0 bridgehead atoms. The molecule has 12 heteroatoms. The van der Waals surface area contributed by atoms with Crippen molar-refractivity contribution in [3.8, 4) is 0 Å². The highest BCUT2D eigenvalue weighted by Crippen LogP contribution is 2.43. The van der Waals surface area contributed by atoms with E-state index in [0.717, 1.165) is 122 Å². The molecule has 0 spiro atoms. The van der Waals surface area contributed by atoms with Gasteiger partial charge in [0.1, 0.15) is 12.7 Å². The lowest BCUT2D eigenvalue weighted by Crippen LogP contribution is -2.30. The molecule has 2 N–H and O–H groups in total. The highest BCUT2D eigenvalue weighted by atomic mass is 31.2. The second kappa shape index (κ2) is 51.5. The molecule has 3 atom stereocenters. The number of aliphatic hydroxyl groups is 1. The van der Waals surface area contributed by atoms with Crippen molar-refractivity contribution < 1.29 is 52.2 Å². The van der Waals surface area contributed by atoms with Gasteiger partial charge in [-0.1, -0.05) is 194 Å². The number of esters is 3. The molecule has 11 nitrogen and oxygen atoms in total. The van der Waals surface area contributed by atoms with Crippen molar-refractivity contribution >= 4 is 25.7 Å². The van der Waals surface area contributed by atoms with Crippen LogP contribution in [-0.2, 0) is 42.2 Å². The molecule has 0 saturated carbocycles. The number of hydrogen-bond acceptors (Lipinski definition) is 10. The van der Waals surface area contributed by atoms with E-state index >= 15 is 0 Å². The zero-order valence-corrected chi connectivity index (χ0v) is 44.6. The van der Waals surface area contributed by atoms with Gasteiger partial charge < -0.3 is 24.2 Å². The van der Waals surface area contributed by atoms with Crippen molar-refractivity contribution in [2.45, 2.75) is 213 Å². The van der Waals surface area contributed by atoms with Crippen molar-refractivity contribution in [1.29, 1.82) is 0 Å². The largest absolute Gasteiger partial charge is 0.472 e. The van der Waals surface area contributed by atoms with Gasteiger partial charge >= 0.3 is 25.7 Å². The number of phosphoric ester groups is 1. The average Bonchev–Trinajstić information content (AvgIpc) is 3.35. The van der Waals surface area contributed by atoms with Crippen LogP contribution in [0, 0.1) is 0 Å². The van der Waals surface area contributed by atoms with Gasteiger partial charge in [-0.05, 0) is 96.3 Å². The SMILES string of the molecule is CC/C=C\C/C=C\C/C=C\C/C=C\C/C=C\CC(=O)OC(COC(=O)CCCCCCCCC/C=C\C/C=C\C/C=C\CC)COP(=O)(O)OCC(CO)OC(=O)CCCCCCC/C=C\CCCC. The monoisotopic (exact) mass is 999 g/mol. The van der Waals surface area contributed by atoms with Gasteiger partial charge in [0.2, 0.25) is 0 Å². The highest BCUT2D eigenvalue weighted by Gasteiger charge is 2.28. The number of unbranched alkanes of at least 4 members (excludes halogenated alkanes) is 14. The van der Waals surface area contributed by atoms with E-state index in [4.69, 9.17) is 23.3 Å². The van der Waals surface area contributed by atoms with Crippen molar-refractivity contribution in [1.82, 2.24) is 0 Å². The van der Waals surface area contributed by atoms with Gasteiger partial charge in [0.25, 0.3) is 0 Å². The Morgan fingerprint density at radius 2 is 0.800 bits per heavy atom. The number of carbonyl (C=O) groups excluding carboxylic acids is 3. The summed E-state index contributed by atoms with van der Waals surface area (Å²) in [5.74, 6) is -1.65. The molecule has 0 aliphatic heterocycles. The minimum atomic E-state index is -4.78. The molecule has 0 radical (unpaired) electrons. The lowest BCUT2D eigenvalue weighted by Gasteiger charge is -2.21. The van der Waals surface area contributed by atoms with E-state index in [1.165, 1.54) is 19.3 Å². The minimum Gasteiger partial charge on any atom is -0.462 e. The highest BCUT2D eigenvalue weighted by molar-refractivity contribution is 7.47. The molecule has 0 aromatic rings. The fraction of sp³-hybridized carbons (Fsp3) is 0.638. The maximum absolute atomic E-state index is 12.8. The zero-order valence-electron chi connectivity index (χ0n) is 43.7. The third-order valence-corrected chi connectivity index (χ3v) is 11.6. The van der Waals surface area contributed by atoms with E-state index in [-0.39, 0.29) is 25.9 Å². The van der Waals surface area contributed by atoms with Crippen molar-refractivity contribution in [2.24, 2.45) is 0 Å². The van der Waals surface area contributed by atoms with Crippen LogP contribution in [0.3, 0.4) is 0 Å². The van der Waals surface area contributed by atoms with Crippen LogP contribution in [0.25, 0.3) is 0 Å². The molecule has 3 unspecified atom stereocenters. The van der Waals surface area contributed by atoms with Crippen LogP contribution < -0.4 is 0 Å². The van der Waals surface area contributed by atoms with Crippen LogP contribution in [0.15, 0.2) is 109 Å². The van der Waals surface area contributed by atoms with E-state index in [1.807, 2.05) is 18.2 Å². The Kier molecular flexibility index (Phi) is 48.7. The quantitative estimate of drug-likeness (QED) is 0.0197. The Balaban J connectivity index is 4.88. The van der Waals surface area contributed by atoms with Crippen LogP contribution in [0.4, 0.5) is 0 Å². The first-order valence-electron chi connectivity index (χ1n) is 26.8. The standard InChI is InChI=1S/C58H95O11P/c1-4-7-10-13-16-19-22-24-26-27-29-30-33-35-38-41-44-47-56(60)65-51-55(69-58(62)49-46-43-40-37-34-31-28-25-23-20-17-14-11-8-5-2)53-67-70(63,64)66-52-54(50-59)68-57(61)48-45-42-39-36-32-21-18-15-12-9-6-3/h7-8,10-11,15-20,24-26,28,34,37,43,46,54-55,59H,4-6,9,12-14,21-23,27,29-33,35-36,38-42,44-45,47-53H2,1-3H3,(H,63,64)/b10-7-,11-8-,18-15-,19-16-,20-17-,26-24-,28-25-,37-34-,46-43-. The summed E-state index contributed by atoms with van der Waals surface area (Å²) in [7, 11) is -4.78. The number of ether oxygens (including phenoxy) is 3. The normalized spacial score (nSPS) is 14.3. The van der Waals surface area contributed by atoms with Gasteiger partial charge in [-0.25, -0.2) is 4.57 Å². The number of rotatable bonds is 48. The number of carbonyl (C=O) groups is 3. The smallest absolute Gasteiger partial charge is 0.462 e. The molecule has 0 saturated heterocycles. The molecule has 0 rings (SSSR count). The summed E-state index contributed by atoms with van der Waals surface area (Å²) in [5.41, 5.74) is 0. The number of hydrogen-bond donors (Lipinski definition) is 2. The fourth-order valence-corrected chi connectivity index (χ4v) is 7.44. The van der Waals surface area contributed by atoms with Crippen LogP contribution >= 0.6 is 7.82 Å². The van der Waals surface area contributed by atoms with Gasteiger partial charge in [0, 0.05) is 12.8 Å². The molecular formula is C58H95O11P. The van der Waals surface area contributed by atoms with E-state index < -0.39 is 57.8 Å². The first-order valence-corrected chi connectivity index (χ1v) is 28.3. The molecular weight excluding hydrogens is 904 g/mol. The summed E-state index contributed by atoms with van der Waals surface area (Å²) in [4.78, 5) is 48.3. The molecule has 0 aliphatic rings. The van der Waals surface area contributed by atoms with Crippen LogP contribution in [0.5, 0.6) is 0 Å². The van der Waals surface area contributed by atoms with E-state index in [0.29, 0.717) is 19.3 Å². The van der Waals surface area contributed by atoms with Crippen molar-refractivity contribution in [3.05, 3.63) is 109 Å². The fourth-order valence-electron chi connectivity index (χ4n) is 6.66. The van der Waals surface area contributed by atoms with Crippen LogP contribution in [0.2, 0.25) is 0 Å². The molecule has 0 amide bonds. The molecule has 0 heterocycles. The predicted molar refractivity (Wildman–Crippen MR) is 288 cm³/mol. The Bertz CT molecular complexity index is 1590. The Morgan fingerprint density at radius 3 is 1.27 bits per heavy atom. The van der Waals surface area contributed by atoms with E-state index in [2.05, 4.69) is 106 Å². The summed E-state index contributed by atoms with van der Waals surface area (Å²) in [6.07, 6.45) is 60.9. The topological polar surface area (TPSA) is 155 Å². The second-order valence-electron chi connectivity index (χ2n) is 17.3. The summed E-state index contributed by atoms with van der Waals surface area (Å²) in [6, 6.07) is 0. The van der Waals surface area contributed by atoms with Crippen LogP contribution in [0.1, 0.15) is 201 Å². The van der Waals surface area contributed by atoms with Gasteiger partial charge in [0.15, 0.2) is 6.10 Å². The number of allylic oxidation sites excluding steroid dienone is 17. The lowest BCUT2D eigenvalue weighted by molar-refractivity contribution is -0.160. The molecule has 398 valence electrons. The Hall–Kier alpha value is -3.86. The zero-order chi connectivity index (χ0) is 51.3. The second-order valence-corrected chi connectivity index (χ2v) is 18.7. The Morgan fingerprint density at radius 1 is 0.429 bits per heavy atom. The van der Waals surface area contributed by atoms with Crippen molar-refractivity contribution in [3.63, 3.8) is 0 Å². The third-order valence-electron chi connectivity index (χ3n) is 10.7. The van der Waals surface area contributed by atoms with Gasteiger partial charge in [0.05, 0.1) is 26.2 Å². The van der Waals surface area contributed by atoms with Crippen LogP contribution in [-0.4, -0.2) is 66.5 Å².